The highest BCUT2D eigenvalue weighted by atomic mass is 35.5. The average Bonchev–Trinajstić information content (AvgIpc) is 2.97. The van der Waals surface area contributed by atoms with Crippen LogP contribution in [0.4, 0.5) is 10.2 Å². The zero-order valence-corrected chi connectivity index (χ0v) is 14.6. The molecule has 6 nitrogen and oxygen atoms in total. The van der Waals surface area contributed by atoms with Gasteiger partial charge in [0.15, 0.2) is 11.6 Å². The Morgan fingerprint density at radius 3 is 2.92 bits per heavy atom. The summed E-state index contributed by atoms with van der Waals surface area (Å²) in [5.74, 6) is -0.596. The van der Waals surface area contributed by atoms with E-state index in [0.717, 1.165) is 30.3 Å². The van der Waals surface area contributed by atoms with Crippen LogP contribution in [0, 0.1) is 12.7 Å². The average molecular weight is 370 g/mol. The van der Waals surface area contributed by atoms with Gasteiger partial charge in [-0.3, -0.25) is 4.79 Å². The molecule has 0 saturated heterocycles. The fourth-order valence-electron chi connectivity index (χ4n) is 2.87. The number of hydrogen-bond donors (Lipinski definition) is 2. The van der Waals surface area contributed by atoms with E-state index in [-0.39, 0.29) is 29.1 Å². The highest BCUT2D eigenvalue weighted by Gasteiger charge is 2.25. The highest BCUT2D eigenvalue weighted by Crippen LogP contribution is 2.23. The van der Waals surface area contributed by atoms with Crippen molar-refractivity contribution in [3.63, 3.8) is 0 Å². The largest absolute Gasteiger partial charge is 0.365 e. The smallest absolute Gasteiger partial charge is 0.271 e. The highest BCUT2D eigenvalue weighted by molar-refractivity contribution is 7.09. The van der Waals surface area contributed by atoms with Crippen molar-refractivity contribution >= 4 is 34.7 Å². The van der Waals surface area contributed by atoms with Gasteiger partial charge in [-0.2, -0.15) is 4.98 Å². The number of thiazole rings is 1. The molecule has 3 rings (SSSR count). The molecule has 0 aliphatic heterocycles. The summed E-state index contributed by atoms with van der Waals surface area (Å²) in [6, 6.07) is 0.0336. The minimum Gasteiger partial charge on any atom is -0.365 e. The number of nitrogens with one attached hydrogen (secondary N) is 2. The van der Waals surface area contributed by atoms with Crippen molar-refractivity contribution in [3.05, 3.63) is 33.4 Å². The quantitative estimate of drug-likeness (QED) is 0.809. The lowest BCUT2D eigenvalue weighted by Gasteiger charge is -2.30. The van der Waals surface area contributed by atoms with E-state index >= 15 is 0 Å². The summed E-state index contributed by atoms with van der Waals surface area (Å²) >= 11 is 7.16. The molecule has 1 fully saturated rings. The predicted molar refractivity (Wildman–Crippen MR) is 91.0 cm³/mol. The fraction of sp³-hybridized carbons (Fsp3) is 0.467. The topological polar surface area (TPSA) is 79.8 Å². The van der Waals surface area contributed by atoms with E-state index in [1.165, 1.54) is 11.3 Å². The molecule has 2 unspecified atom stereocenters. The molecule has 2 aromatic rings. The molecule has 0 radical (unpaired) electrons. The molecule has 1 amide bonds. The molecule has 0 bridgehead atoms. The van der Waals surface area contributed by atoms with Crippen molar-refractivity contribution in [2.24, 2.45) is 0 Å². The Labute approximate surface area is 147 Å². The lowest BCUT2D eigenvalue weighted by molar-refractivity contribution is 0.0921. The van der Waals surface area contributed by atoms with Crippen LogP contribution in [0.25, 0.3) is 0 Å². The van der Waals surface area contributed by atoms with Crippen LogP contribution in [0.2, 0.25) is 5.28 Å². The third-order valence-corrected chi connectivity index (χ3v) is 4.96. The SMILES string of the molecule is Cc1scnc1C(=O)NC1CCCC(Nc2nc(Cl)ncc2F)C1. The Bertz CT molecular complexity index is 740. The summed E-state index contributed by atoms with van der Waals surface area (Å²) in [6.45, 7) is 1.87. The van der Waals surface area contributed by atoms with Crippen molar-refractivity contribution in [1.82, 2.24) is 20.3 Å². The number of halogens is 2. The lowest BCUT2D eigenvalue weighted by atomic mass is 9.91. The van der Waals surface area contributed by atoms with Crippen LogP contribution < -0.4 is 10.6 Å². The van der Waals surface area contributed by atoms with Gasteiger partial charge in [-0.1, -0.05) is 0 Å². The van der Waals surface area contributed by atoms with Crippen LogP contribution in [-0.4, -0.2) is 32.9 Å². The van der Waals surface area contributed by atoms with Crippen LogP contribution >= 0.6 is 22.9 Å². The molecular weight excluding hydrogens is 353 g/mol. The molecule has 2 atom stereocenters. The van der Waals surface area contributed by atoms with Crippen LogP contribution in [0.15, 0.2) is 11.7 Å². The molecule has 2 heterocycles. The number of aryl methyl sites for hydroxylation is 1. The third kappa shape index (κ3) is 3.99. The van der Waals surface area contributed by atoms with E-state index in [9.17, 15) is 9.18 Å². The molecule has 0 spiro atoms. The molecule has 9 heteroatoms. The molecular formula is C15H17ClFN5OS. The van der Waals surface area contributed by atoms with Crippen LogP contribution in [0.3, 0.4) is 0 Å². The van der Waals surface area contributed by atoms with Gasteiger partial charge in [-0.25, -0.2) is 14.4 Å². The van der Waals surface area contributed by atoms with Gasteiger partial charge in [0.1, 0.15) is 5.69 Å². The van der Waals surface area contributed by atoms with E-state index in [1.807, 2.05) is 6.92 Å². The second kappa shape index (κ2) is 7.40. The summed E-state index contributed by atoms with van der Waals surface area (Å²) in [6.07, 6.45) is 4.43. The van der Waals surface area contributed by atoms with Crippen molar-refractivity contribution < 1.29 is 9.18 Å². The Morgan fingerprint density at radius 1 is 1.38 bits per heavy atom. The maximum Gasteiger partial charge on any atom is 0.271 e. The number of anilines is 1. The van der Waals surface area contributed by atoms with Crippen LogP contribution in [0.1, 0.15) is 41.0 Å². The number of carbonyl (C=O) groups excluding carboxylic acids is 1. The normalized spacial score (nSPS) is 20.6. The van der Waals surface area contributed by atoms with Gasteiger partial charge in [0.05, 0.1) is 11.7 Å². The first-order valence-corrected chi connectivity index (χ1v) is 8.94. The van der Waals surface area contributed by atoms with E-state index in [0.29, 0.717) is 12.1 Å². The van der Waals surface area contributed by atoms with E-state index in [4.69, 9.17) is 11.6 Å². The Balaban J connectivity index is 1.61. The number of hydrogen-bond acceptors (Lipinski definition) is 6. The van der Waals surface area contributed by atoms with Crippen molar-refractivity contribution in [2.45, 2.75) is 44.7 Å². The number of amides is 1. The molecule has 2 aromatic heterocycles. The van der Waals surface area contributed by atoms with Gasteiger partial charge in [0, 0.05) is 17.0 Å². The summed E-state index contributed by atoms with van der Waals surface area (Å²) in [7, 11) is 0. The van der Waals surface area contributed by atoms with Crippen molar-refractivity contribution in [2.75, 3.05) is 5.32 Å². The molecule has 1 saturated carbocycles. The molecule has 1 aliphatic carbocycles. The molecule has 128 valence electrons. The van der Waals surface area contributed by atoms with E-state index < -0.39 is 5.82 Å². The Kier molecular flexibility index (Phi) is 5.25. The van der Waals surface area contributed by atoms with Crippen LogP contribution in [-0.2, 0) is 0 Å². The zero-order chi connectivity index (χ0) is 17.1. The summed E-state index contributed by atoms with van der Waals surface area (Å²) in [5.41, 5.74) is 2.14. The predicted octanol–water partition coefficient (Wildman–Crippen LogP) is 3.19. The van der Waals surface area contributed by atoms with Gasteiger partial charge < -0.3 is 10.6 Å². The number of nitrogens with zero attached hydrogens (tertiary/aromatic N) is 3. The monoisotopic (exact) mass is 369 g/mol. The van der Waals surface area contributed by atoms with Gasteiger partial charge in [0.2, 0.25) is 5.28 Å². The van der Waals surface area contributed by atoms with Crippen molar-refractivity contribution in [3.8, 4) is 0 Å². The number of rotatable bonds is 4. The molecule has 0 aromatic carbocycles. The van der Waals surface area contributed by atoms with Crippen molar-refractivity contribution in [1.29, 1.82) is 0 Å². The fourth-order valence-corrected chi connectivity index (χ4v) is 3.58. The Morgan fingerprint density at radius 2 is 2.17 bits per heavy atom. The second-order valence-corrected chi connectivity index (χ2v) is 7.17. The number of carbonyl (C=O) groups is 1. The minimum absolute atomic E-state index is 0.00132. The lowest BCUT2D eigenvalue weighted by Crippen LogP contribution is -2.42. The maximum absolute atomic E-state index is 13.7. The van der Waals surface area contributed by atoms with E-state index in [2.05, 4.69) is 25.6 Å². The first kappa shape index (κ1) is 17.0. The third-order valence-electron chi connectivity index (χ3n) is 4.02. The summed E-state index contributed by atoms with van der Waals surface area (Å²) in [5, 5.41) is 6.08. The standard InChI is InChI=1S/C15H17ClFN5OS/c1-8-12(19-7-24-8)14(23)21-10-4-2-3-9(5-10)20-13-11(17)6-18-15(16)22-13/h6-7,9-10H,2-5H2,1H3,(H,21,23)(H,18,20,22). The first-order chi connectivity index (χ1) is 11.5. The molecule has 24 heavy (non-hydrogen) atoms. The summed E-state index contributed by atoms with van der Waals surface area (Å²) in [4.78, 5) is 24.7. The minimum atomic E-state index is -0.538. The summed E-state index contributed by atoms with van der Waals surface area (Å²) < 4.78 is 13.7. The number of aromatic nitrogens is 3. The Hall–Kier alpha value is -1.80. The van der Waals surface area contributed by atoms with Gasteiger partial charge in [-0.15, -0.1) is 11.3 Å². The zero-order valence-electron chi connectivity index (χ0n) is 13.1. The first-order valence-electron chi connectivity index (χ1n) is 7.68. The maximum atomic E-state index is 13.7. The van der Waals surface area contributed by atoms with Crippen LogP contribution in [0.5, 0.6) is 0 Å². The van der Waals surface area contributed by atoms with E-state index in [1.54, 1.807) is 5.51 Å². The molecule has 1 aliphatic rings. The second-order valence-electron chi connectivity index (χ2n) is 5.77. The van der Waals surface area contributed by atoms with Gasteiger partial charge in [-0.05, 0) is 44.2 Å². The molecule has 2 N–H and O–H groups in total. The van der Waals surface area contributed by atoms with Gasteiger partial charge >= 0.3 is 0 Å². The van der Waals surface area contributed by atoms with Gasteiger partial charge in [0.25, 0.3) is 5.91 Å².